The van der Waals surface area contributed by atoms with Crippen LogP contribution in [0.3, 0.4) is 0 Å². The molecule has 1 aliphatic carbocycles. The Bertz CT molecular complexity index is 1810. The highest BCUT2D eigenvalue weighted by atomic mass is 35.5. The molecule has 3 amide bonds. The van der Waals surface area contributed by atoms with Gasteiger partial charge in [0.2, 0.25) is 11.8 Å². The van der Waals surface area contributed by atoms with Crippen molar-refractivity contribution in [2.75, 3.05) is 31.1 Å². The highest BCUT2D eigenvalue weighted by Crippen LogP contribution is 2.40. The summed E-state index contributed by atoms with van der Waals surface area (Å²) in [5.41, 5.74) is 2.98. The molecule has 3 atom stereocenters. The number of rotatable bonds is 10. The zero-order valence-corrected chi connectivity index (χ0v) is 33.2. The minimum atomic E-state index is -0.662. The van der Waals surface area contributed by atoms with Gasteiger partial charge in [-0.1, -0.05) is 53.0 Å². The van der Waals surface area contributed by atoms with Gasteiger partial charge in [-0.15, -0.1) is 0 Å². The van der Waals surface area contributed by atoms with E-state index < -0.39 is 17.6 Å². The van der Waals surface area contributed by atoms with E-state index in [2.05, 4.69) is 16.3 Å². The number of carbonyl (C=O) groups is 3. The summed E-state index contributed by atoms with van der Waals surface area (Å²) in [6.07, 6.45) is 4.53. The van der Waals surface area contributed by atoms with Gasteiger partial charge in [0.15, 0.2) is 5.75 Å². The third-order valence-corrected chi connectivity index (χ3v) is 10.9. The van der Waals surface area contributed by atoms with E-state index in [0.29, 0.717) is 53.4 Å². The Balaban J connectivity index is 1.21. The molecule has 1 saturated carbocycles. The lowest BCUT2D eigenvalue weighted by molar-refractivity contribution is -0.139. The second-order valence-corrected chi connectivity index (χ2v) is 16.7. The van der Waals surface area contributed by atoms with E-state index in [-0.39, 0.29) is 36.4 Å². The summed E-state index contributed by atoms with van der Waals surface area (Å²) in [5.74, 6) is 0.506. The fourth-order valence-electron chi connectivity index (χ4n) is 7.15. The molecule has 2 aromatic carbocycles. The number of ether oxygens (including phenoxy) is 2. The molecule has 53 heavy (non-hydrogen) atoms. The van der Waals surface area contributed by atoms with Gasteiger partial charge in [0, 0.05) is 69.2 Å². The molecule has 3 aliphatic rings. The Hall–Kier alpha value is -3.73. The minimum absolute atomic E-state index is 0.0221. The Labute approximate surface area is 327 Å². The quantitative estimate of drug-likeness (QED) is 0.221. The highest BCUT2D eigenvalue weighted by Gasteiger charge is 2.43. The lowest BCUT2D eigenvalue weighted by atomic mass is 9.80. The lowest BCUT2D eigenvalue weighted by Crippen LogP contribution is -2.51. The van der Waals surface area contributed by atoms with Gasteiger partial charge in [0.1, 0.15) is 17.5 Å². The predicted octanol–water partition coefficient (Wildman–Crippen LogP) is 8.18. The smallest absolute Gasteiger partial charge is 0.410 e. The van der Waals surface area contributed by atoms with Crippen molar-refractivity contribution in [3.63, 3.8) is 0 Å². The fraction of sp³-hybridized carbons (Fsp3) is 0.500. The number of carbonyl (C=O) groups excluding carboxylic acids is 3. The average Bonchev–Trinajstić information content (AvgIpc) is 3.84. The van der Waals surface area contributed by atoms with Crippen LogP contribution in [-0.2, 0) is 27.4 Å². The van der Waals surface area contributed by atoms with Crippen LogP contribution in [0.25, 0.3) is 0 Å². The lowest BCUT2D eigenvalue weighted by Gasteiger charge is -2.40. The normalized spacial score (nSPS) is 20.3. The topological polar surface area (TPSA) is 104 Å². The molecule has 3 aromatic rings. The van der Waals surface area contributed by atoms with Crippen LogP contribution < -0.4 is 15.0 Å². The number of nitrogens with zero attached hydrogens (tertiary/aromatic N) is 4. The van der Waals surface area contributed by atoms with E-state index in [9.17, 15) is 14.4 Å². The monoisotopic (exact) mass is 783 g/mol. The second kappa shape index (κ2) is 16.3. The van der Waals surface area contributed by atoms with Gasteiger partial charge in [-0.05, 0) is 93.5 Å². The first-order valence-corrected chi connectivity index (χ1v) is 19.4. The molecule has 10 nitrogen and oxygen atoms in total. The summed E-state index contributed by atoms with van der Waals surface area (Å²) < 4.78 is 12.0. The van der Waals surface area contributed by atoms with Gasteiger partial charge < -0.3 is 29.5 Å². The molecule has 0 radical (unpaired) electrons. The number of anilines is 1. The van der Waals surface area contributed by atoms with E-state index in [1.807, 2.05) is 75.2 Å². The number of nitrogens with one attached hydrogen (secondary N) is 1. The SMILES string of the molecule is CC(=O)NCc1ccc(Cl)c(CN(C(=O)[C@@H]2CN(C(=O)OC(C)(C)C)CC[C@H]2c2ccc(N3CC[C@H](Oc4c(Cl)cc(C)cc4Cl)C3)nc2)C2CC2)c1. The van der Waals surface area contributed by atoms with Gasteiger partial charge in [-0.25, -0.2) is 9.78 Å². The number of pyridine rings is 1. The van der Waals surface area contributed by atoms with Gasteiger partial charge in [-0.3, -0.25) is 9.59 Å². The zero-order valence-electron chi connectivity index (χ0n) is 31.0. The summed E-state index contributed by atoms with van der Waals surface area (Å²) in [6.45, 7) is 11.7. The number of amides is 3. The number of aryl methyl sites for hydroxylation is 1. The summed E-state index contributed by atoms with van der Waals surface area (Å²) >= 11 is 19.6. The molecule has 0 spiro atoms. The number of halogens is 3. The number of benzene rings is 2. The average molecular weight is 785 g/mol. The Kier molecular flexibility index (Phi) is 12.0. The summed E-state index contributed by atoms with van der Waals surface area (Å²) in [5, 5.41) is 4.38. The maximum atomic E-state index is 14.7. The maximum Gasteiger partial charge on any atom is 0.410 e. The molecular formula is C40H48Cl3N5O5. The third kappa shape index (κ3) is 9.88. The van der Waals surface area contributed by atoms with E-state index in [1.165, 1.54) is 6.92 Å². The standard InChI is InChI=1S/C40H48Cl3N5O5/c1-24-16-34(42)37(35(43)17-24)52-30-12-14-46(22-30)36-11-7-27(20-45-36)31-13-15-47(39(51)53-40(3,4)5)23-32(31)38(50)48(29-8-9-29)21-28-18-26(6-10-33(28)41)19-44-25(2)49/h6-7,10-11,16-18,20,29-32H,8-9,12-15,19,21-23H2,1-5H3,(H,44,49)/t30-,31-,32+/m0/s1. The van der Waals surface area contributed by atoms with Crippen molar-refractivity contribution in [3.05, 3.63) is 86.0 Å². The highest BCUT2D eigenvalue weighted by molar-refractivity contribution is 6.37. The number of likely N-dealkylation sites (tertiary alicyclic amines) is 1. The molecule has 0 bridgehead atoms. The predicted molar refractivity (Wildman–Crippen MR) is 208 cm³/mol. The number of hydrogen-bond acceptors (Lipinski definition) is 7. The van der Waals surface area contributed by atoms with Crippen LogP contribution >= 0.6 is 34.8 Å². The Morgan fingerprint density at radius 2 is 1.68 bits per heavy atom. The third-order valence-electron chi connectivity index (χ3n) is 9.94. The van der Waals surface area contributed by atoms with E-state index in [1.54, 1.807) is 4.90 Å². The first kappa shape index (κ1) is 39.0. The van der Waals surface area contributed by atoms with E-state index in [4.69, 9.17) is 49.3 Å². The van der Waals surface area contributed by atoms with Gasteiger partial charge >= 0.3 is 6.09 Å². The molecule has 0 unspecified atom stereocenters. The van der Waals surface area contributed by atoms with E-state index in [0.717, 1.165) is 53.9 Å². The molecule has 1 N–H and O–H groups in total. The Morgan fingerprint density at radius 3 is 2.32 bits per heavy atom. The summed E-state index contributed by atoms with van der Waals surface area (Å²) in [7, 11) is 0. The van der Waals surface area contributed by atoms with Crippen molar-refractivity contribution in [1.29, 1.82) is 0 Å². The fourth-order valence-corrected chi connectivity index (χ4v) is 8.01. The molecule has 13 heteroatoms. The van der Waals surface area contributed by atoms with Crippen LogP contribution in [-0.4, -0.2) is 76.6 Å². The van der Waals surface area contributed by atoms with Crippen LogP contribution in [0.15, 0.2) is 48.7 Å². The Morgan fingerprint density at radius 1 is 0.943 bits per heavy atom. The summed E-state index contributed by atoms with van der Waals surface area (Å²) in [4.78, 5) is 50.2. The van der Waals surface area contributed by atoms with Crippen molar-refractivity contribution in [1.82, 2.24) is 20.1 Å². The molecule has 6 rings (SSSR count). The molecule has 2 saturated heterocycles. The van der Waals surface area contributed by atoms with Crippen LogP contribution in [0, 0.1) is 12.8 Å². The minimum Gasteiger partial charge on any atom is -0.485 e. The second-order valence-electron chi connectivity index (χ2n) is 15.4. The van der Waals surface area contributed by atoms with Gasteiger partial charge in [-0.2, -0.15) is 0 Å². The molecule has 284 valence electrons. The van der Waals surface area contributed by atoms with Crippen LogP contribution in [0.2, 0.25) is 15.1 Å². The maximum absolute atomic E-state index is 14.7. The molecule has 3 heterocycles. The molecule has 3 fully saturated rings. The van der Waals surface area contributed by atoms with Crippen molar-refractivity contribution in [3.8, 4) is 5.75 Å². The van der Waals surface area contributed by atoms with Crippen molar-refractivity contribution < 1.29 is 23.9 Å². The van der Waals surface area contributed by atoms with Gasteiger partial charge in [0.25, 0.3) is 0 Å². The van der Waals surface area contributed by atoms with Crippen LogP contribution in [0.5, 0.6) is 5.75 Å². The first-order valence-electron chi connectivity index (χ1n) is 18.3. The number of piperidine rings is 1. The van der Waals surface area contributed by atoms with Gasteiger partial charge in [0.05, 0.1) is 22.5 Å². The zero-order chi connectivity index (χ0) is 38.0. The molecular weight excluding hydrogens is 737 g/mol. The van der Waals surface area contributed by atoms with Crippen LogP contribution in [0.1, 0.15) is 81.5 Å². The van der Waals surface area contributed by atoms with Crippen molar-refractivity contribution in [2.24, 2.45) is 5.92 Å². The van der Waals surface area contributed by atoms with Crippen molar-refractivity contribution >= 4 is 58.5 Å². The number of aromatic nitrogens is 1. The van der Waals surface area contributed by atoms with Crippen LogP contribution in [0.4, 0.5) is 10.6 Å². The van der Waals surface area contributed by atoms with E-state index >= 15 is 0 Å². The first-order chi connectivity index (χ1) is 25.1. The molecule has 2 aliphatic heterocycles. The summed E-state index contributed by atoms with van der Waals surface area (Å²) in [6, 6.07) is 13.5. The molecule has 1 aromatic heterocycles. The van der Waals surface area contributed by atoms with Crippen molar-refractivity contribution in [2.45, 2.75) is 97.1 Å². The largest absolute Gasteiger partial charge is 0.485 e. The number of hydrogen-bond donors (Lipinski definition) is 1.